The maximum Gasteiger partial charge on any atom is 0.168 e. The first-order chi connectivity index (χ1) is 34.6. The van der Waals surface area contributed by atoms with Gasteiger partial charge in [0.2, 0.25) is 0 Å². The van der Waals surface area contributed by atoms with Gasteiger partial charge in [0.15, 0.2) is 23.3 Å². The van der Waals surface area contributed by atoms with Gasteiger partial charge in [-0.25, -0.2) is 29.9 Å². The highest BCUT2D eigenvalue weighted by molar-refractivity contribution is 6.10. The molecule has 0 amide bonds. The van der Waals surface area contributed by atoms with Crippen molar-refractivity contribution in [1.82, 2.24) is 39.9 Å². The largest absolute Gasteiger partial charge is 0.493 e. The molecule has 7 aromatic rings. The lowest BCUT2D eigenvalue weighted by molar-refractivity contribution is 0.240. The van der Waals surface area contributed by atoms with Crippen molar-refractivity contribution in [3.8, 4) is 68.5 Å². The molecule has 2 aliphatic heterocycles. The molecule has 4 atom stereocenters. The van der Waals surface area contributed by atoms with Gasteiger partial charge < -0.3 is 28.9 Å². The molecule has 378 valence electrons. The van der Waals surface area contributed by atoms with E-state index >= 15 is 0 Å². The summed E-state index contributed by atoms with van der Waals surface area (Å²) in [5.74, 6) is 8.30. The molecular formula is C60H74N8O4. The molecule has 0 radical (unpaired) electrons. The van der Waals surface area contributed by atoms with E-state index in [0.29, 0.717) is 143 Å². The molecule has 9 rings (SSSR count). The number of H-pyrrole nitrogens is 2. The topological polar surface area (TPSA) is 146 Å². The molecule has 12 heteroatoms. The molecule has 0 aliphatic carbocycles. The Labute approximate surface area is 425 Å². The van der Waals surface area contributed by atoms with Crippen molar-refractivity contribution in [2.75, 3.05) is 26.4 Å². The normalized spacial score (nSPS) is 14.0. The molecule has 2 aliphatic rings. The number of hydrogen-bond acceptors (Lipinski definition) is 10. The van der Waals surface area contributed by atoms with Gasteiger partial charge in [0.25, 0.3) is 0 Å². The summed E-state index contributed by atoms with van der Waals surface area (Å²) in [6, 6.07) is 24.3. The summed E-state index contributed by atoms with van der Waals surface area (Å²) in [4.78, 5) is 39.5. The fraction of sp³-hybridized carbons (Fsp3) is 0.467. The summed E-state index contributed by atoms with van der Waals surface area (Å²) in [7, 11) is 0. The zero-order valence-corrected chi connectivity index (χ0v) is 44.5. The number of nitrogens with one attached hydrogen (secondary N) is 2. The molecule has 0 saturated carbocycles. The number of hydrogen-bond donors (Lipinski definition) is 2. The second-order valence-corrected chi connectivity index (χ2v) is 22.5. The molecular weight excluding hydrogens is 897 g/mol. The predicted molar refractivity (Wildman–Crippen MR) is 293 cm³/mol. The molecule has 12 nitrogen and oxygen atoms in total. The number of aromatic amines is 2. The van der Waals surface area contributed by atoms with Crippen molar-refractivity contribution in [2.45, 2.75) is 109 Å². The van der Waals surface area contributed by atoms with E-state index in [1.165, 1.54) is 0 Å². The summed E-state index contributed by atoms with van der Waals surface area (Å²) in [6.45, 7) is 29.1. The fourth-order valence-electron chi connectivity index (χ4n) is 10.8. The van der Waals surface area contributed by atoms with Crippen LogP contribution in [0.25, 0.3) is 89.7 Å². The third-order valence-corrected chi connectivity index (χ3v) is 13.4. The quantitative estimate of drug-likeness (QED) is 0.0757. The number of fused-ring (bicyclic) bond motifs is 20. The molecule has 8 bridgehead atoms. The van der Waals surface area contributed by atoms with Gasteiger partial charge in [0.05, 0.1) is 48.3 Å². The minimum atomic E-state index is 0.340. The minimum Gasteiger partial charge on any atom is -0.493 e. The van der Waals surface area contributed by atoms with E-state index in [4.69, 9.17) is 48.9 Å². The van der Waals surface area contributed by atoms with Crippen molar-refractivity contribution in [2.24, 2.45) is 47.3 Å². The van der Waals surface area contributed by atoms with Crippen LogP contribution in [0.3, 0.4) is 0 Å². The van der Waals surface area contributed by atoms with Crippen LogP contribution in [0.1, 0.15) is 109 Å². The minimum absolute atomic E-state index is 0.340. The first kappa shape index (κ1) is 50.4. The third kappa shape index (κ3) is 11.1. The Balaban J connectivity index is 1.35. The Kier molecular flexibility index (Phi) is 15.2. The van der Waals surface area contributed by atoms with E-state index in [0.717, 1.165) is 69.5 Å². The van der Waals surface area contributed by atoms with Gasteiger partial charge >= 0.3 is 0 Å². The first-order valence-corrected chi connectivity index (χ1v) is 26.5. The van der Waals surface area contributed by atoms with Gasteiger partial charge in [-0.2, -0.15) is 0 Å². The monoisotopic (exact) mass is 971 g/mol. The molecule has 3 aromatic heterocycles. The van der Waals surface area contributed by atoms with Crippen LogP contribution in [0.5, 0.6) is 23.0 Å². The Bertz CT molecular complexity index is 3010. The molecule has 0 spiro atoms. The van der Waals surface area contributed by atoms with Crippen molar-refractivity contribution >= 4 is 44.1 Å². The molecule has 72 heavy (non-hydrogen) atoms. The van der Waals surface area contributed by atoms with Crippen molar-refractivity contribution in [1.29, 1.82) is 0 Å². The van der Waals surface area contributed by atoms with E-state index in [-0.39, 0.29) is 0 Å². The summed E-state index contributed by atoms with van der Waals surface area (Å²) in [5.41, 5.74) is 5.44. The number of nitrogens with zero attached hydrogens (tertiary/aromatic N) is 6. The van der Waals surface area contributed by atoms with E-state index in [1.807, 2.05) is 60.7 Å². The molecule has 4 aromatic carbocycles. The van der Waals surface area contributed by atoms with Crippen molar-refractivity contribution in [3.63, 3.8) is 0 Å². The molecule has 0 saturated heterocycles. The second-order valence-electron chi connectivity index (χ2n) is 22.5. The van der Waals surface area contributed by atoms with Gasteiger partial charge in [0.1, 0.15) is 45.6 Å². The van der Waals surface area contributed by atoms with Gasteiger partial charge in [-0.05, 0) is 97.3 Å². The summed E-state index contributed by atoms with van der Waals surface area (Å²) < 4.78 is 26.9. The Hall–Kier alpha value is -6.56. The lowest BCUT2D eigenvalue weighted by atomic mass is 10.00. The van der Waals surface area contributed by atoms with E-state index in [2.05, 4.69) is 105 Å². The van der Waals surface area contributed by atoms with Gasteiger partial charge in [-0.15, -0.1) is 0 Å². The number of aromatic nitrogens is 8. The van der Waals surface area contributed by atoms with E-state index < -0.39 is 0 Å². The maximum atomic E-state index is 6.72. The summed E-state index contributed by atoms with van der Waals surface area (Å²) in [5, 5.41) is 3.28. The average molecular weight is 971 g/mol. The van der Waals surface area contributed by atoms with Gasteiger partial charge in [-0.1, -0.05) is 132 Å². The maximum absolute atomic E-state index is 6.72. The predicted octanol–water partition coefficient (Wildman–Crippen LogP) is 15.1. The highest BCUT2D eigenvalue weighted by atomic mass is 16.5. The van der Waals surface area contributed by atoms with Crippen molar-refractivity contribution in [3.05, 3.63) is 72.8 Å². The molecule has 2 N–H and O–H groups in total. The average Bonchev–Trinajstić information content (AvgIpc) is 4.07. The van der Waals surface area contributed by atoms with E-state index in [9.17, 15) is 0 Å². The van der Waals surface area contributed by atoms with Crippen LogP contribution in [0.4, 0.5) is 0 Å². The third-order valence-electron chi connectivity index (χ3n) is 13.4. The number of benzene rings is 4. The summed E-state index contributed by atoms with van der Waals surface area (Å²) in [6.07, 6.45) is 4.18. The fourth-order valence-corrected chi connectivity index (χ4v) is 10.8. The van der Waals surface area contributed by atoms with Crippen LogP contribution < -0.4 is 18.9 Å². The Morgan fingerprint density at radius 3 is 1.00 bits per heavy atom. The van der Waals surface area contributed by atoms with Crippen LogP contribution in [-0.2, 0) is 0 Å². The number of rotatable bonds is 20. The Morgan fingerprint density at radius 2 is 0.653 bits per heavy atom. The van der Waals surface area contributed by atoms with Crippen LogP contribution in [0, 0.1) is 47.3 Å². The summed E-state index contributed by atoms with van der Waals surface area (Å²) >= 11 is 0. The lowest BCUT2D eigenvalue weighted by Crippen LogP contribution is -2.11. The Morgan fingerprint density at radius 1 is 0.347 bits per heavy atom. The standard InChI is InChI=1S/C60H74N8O4/c1-33(2)25-37(9)29-69-45-21-13-17-41-49(45)57-61-53(41)66-58-51-43(19-15-23-47(51)71-31-39(11)27-35(5)6)55(63-58)68-60-52-44(20-16-24-48(52)72-32-40(12)28-36(7)8)56(64-60)67-59-50-42(54(62-59)65-57)18-14-22-46(50)70-30-38(10)26-34(3)4/h13-24,33-40H,25-32H2,1-12H3,(H2,61,62,63,64,65,66,67,68). The van der Waals surface area contributed by atoms with Gasteiger partial charge in [-0.3, -0.25) is 0 Å². The van der Waals surface area contributed by atoms with Crippen LogP contribution in [0.15, 0.2) is 72.8 Å². The van der Waals surface area contributed by atoms with Crippen LogP contribution in [-0.4, -0.2) is 66.3 Å². The van der Waals surface area contributed by atoms with E-state index in [1.54, 1.807) is 0 Å². The van der Waals surface area contributed by atoms with Crippen LogP contribution in [0.2, 0.25) is 0 Å². The van der Waals surface area contributed by atoms with Crippen molar-refractivity contribution < 1.29 is 18.9 Å². The van der Waals surface area contributed by atoms with Gasteiger partial charge in [0, 0.05) is 21.9 Å². The molecule has 5 heterocycles. The smallest absolute Gasteiger partial charge is 0.168 e. The molecule has 0 fully saturated rings. The first-order valence-electron chi connectivity index (χ1n) is 26.5. The highest BCUT2D eigenvalue weighted by Crippen LogP contribution is 2.44. The highest BCUT2D eigenvalue weighted by Gasteiger charge is 2.28. The second kappa shape index (κ2) is 21.7. The number of ether oxygens (including phenoxy) is 4. The molecule has 4 unspecified atom stereocenters. The SMILES string of the molecule is CC(C)CC(C)COc1cccc2c1-c1nc-2nc2[nH]c(nc3nc(nc4[nH]c(n1)c1cccc(OCC(C)CC(C)C)c41)-c1cccc(OCC(C)CC(C)C)c1-3)c1cccc(OCC(C)CC(C)C)c21. The zero-order chi connectivity index (χ0) is 50.8. The zero-order valence-electron chi connectivity index (χ0n) is 44.5. The van der Waals surface area contributed by atoms with Crippen LogP contribution >= 0.6 is 0 Å². The lowest BCUT2D eigenvalue weighted by Gasteiger charge is -2.16.